The second-order valence-corrected chi connectivity index (χ2v) is 7.29. The average molecular weight is 326 g/mol. The van der Waals surface area contributed by atoms with Gasteiger partial charge in [0.05, 0.1) is 11.4 Å². The molecule has 2 rings (SSSR count). The van der Waals surface area contributed by atoms with Crippen LogP contribution in [0.25, 0.3) is 0 Å². The van der Waals surface area contributed by atoms with Crippen LogP contribution in [0.2, 0.25) is 0 Å². The highest BCUT2D eigenvalue weighted by Crippen LogP contribution is 2.31. The monoisotopic (exact) mass is 326 g/mol. The van der Waals surface area contributed by atoms with Crippen molar-refractivity contribution in [2.75, 3.05) is 30.9 Å². The quantitative estimate of drug-likeness (QED) is 0.819. The summed E-state index contributed by atoms with van der Waals surface area (Å²) in [5.41, 5.74) is 1.68. The zero-order valence-corrected chi connectivity index (χ0v) is 13.8. The largest absolute Gasteiger partial charge is 0.482 e. The molecule has 0 atom stereocenters. The Morgan fingerprint density at radius 3 is 2.86 bits per heavy atom. The fraction of sp³-hybridized carbons (Fsp3) is 0.533. The number of rotatable bonds is 7. The number of fused-ring (bicyclic) bond motifs is 1. The summed E-state index contributed by atoms with van der Waals surface area (Å²) < 4.78 is 31.4. The molecule has 0 fully saturated rings. The van der Waals surface area contributed by atoms with Gasteiger partial charge < -0.3 is 9.64 Å². The van der Waals surface area contributed by atoms with Crippen LogP contribution in [-0.2, 0) is 21.2 Å². The van der Waals surface area contributed by atoms with Crippen molar-refractivity contribution in [2.45, 2.75) is 26.2 Å². The van der Waals surface area contributed by atoms with Gasteiger partial charge in [0.1, 0.15) is 5.75 Å². The number of hydrogen-bond acceptors (Lipinski definition) is 4. The van der Waals surface area contributed by atoms with Crippen LogP contribution in [0.15, 0.2) is 18.2 Å². The number of carbonyl (C=O) groups is 1. The van der Waals surface area contributed by atoms with Crippen molar-refractivity contribution in [3.05, 3.63) is 23.8 Å². The number of nitrogens with one attached hydrogen (secondary N) is 1. The van der Waals surface area contributed by atoms with Crippen molar-refractivity contribution in [3.8, 4) is 5.75 Å². The highest BCUT2D eigenvalue weighted by atomic mass is 32.2. The van der Waals surface area contributed by atoms with Crippen molar-refractivity contribution >= 4 is 21.6 Å². The second-order valence-electron chi connectivity index (χ2n) is 5.36. The van der Waals surface area contributed by atoms with Crippen LogP contribution < -0.4 is 14.4 Å². The Morgan fingerprint density at radius 1 is 1.36 bits per heavy atom. The van der Waals surface area contributed by atoms with Crippen molar-refractivity contribution < 1.29 is 17.9 Å². The van der Waals surface area contributed by atoms with Crippen LogP contribution in [0.5, 0.6) is 5.75 Å². The third-order valence-corrected chi connectivity index (χ3v) is 5.08. The number of sulfonamides is 1. The minimum Gasteiger partial charge on any atom is -0.482 e. The lowest BCUT2D eigenvalue weighted by molar-refractivity contribution is -0.120. The number of unbranched alkanes of at least 4 members (excludes halogenated alkanes) is 1. The molecule has 0 radical (unpaired) electrons. The van der Waals surface area contributed by atoms with E-state index in [0.717, 1.165) is 17.7 Å². The maximum absolute atomic E-state index is 11.7. The number of nitrogens with zero attached hydrogens (tertiary/aromatic N) is 1. The van der Waals surface area contributed by atoms with Crippen LogP contribution in [0.4, 0.5) is 5.69 Å². The number of benzene rings is 1. The lowest BCUT2D eigenvalue weighted by atomic mass is 10.1. The summed E-state index contributed by atoms with van der Waals surface area (Å²) in [5.74, 6) is 0.748. The summed E-state index contributed by atoms with van der Waals surface area (Å²) in [5, 5.41) is 0. The molecule has 22 heavy (non-hydrogen) atoms. The molecule has 1 aromatic rings. The van der Waals surface area contributed by atoms with Crippen LogP contribution in [0, 0.1) is 0 Å². The van der Waals surface area contributed by atoms with E-state index >= 15 is 0 Å². The van der Waals surface area contributed by atoms with Gasteiger partial charge in [0.15, 0.2) is 6.61 Å². The van der Waals surface area contributed by atoms with E-state index in [4.69, 9.17) is 4.74 Å². The van der Waals surface area contributed by atoms with Crippen molar-refractivity contribution in [1.29, 1.82) is 0 Å². The summed E-state index contributed by atoms with van der Waals surface area (Å²) in [7, 11) is -1.48. The van der Waals surface area contributed by atoms with Gasteiger partial charge in [-0.15, -0.1) is 0 Å². The smallest absolute Gasteiger partial charge is 0.264 e. The van der Waals surface area contributed by atoms with Gasteiger partial charge in [0.25, 0.3) is 5.91 Å². The predicted molar refractivity (Wildman–Crippen MR) is 85.7 cm³/mol. The minimum atomic E-state index is -3.19. The Labute approximate surface area is 131 Å². The number of anilines is 1. The maximum Gasteiger partial charge on any atom is 0.264 e. The van der Waals surface area contributed by atoms with E-state index in [-0.39, 0.29) is 18.3 Å². The highest BCUT2D eigenvalue weighted by molar-refractivity contribution is 7.89. The summed E-state index contributed by atoms with van der Waals surface area (Å²) in [6.07, 6.45) is 2.09. The number of likely N-dealkylation sites (N-methyl/N-ethyl adjacent to an activating group) is 1. The van der Waals surface area contributed by atoms with Gasteiger partial charge in [-0.3, -0.25) is 4.79 Å². The molecule has 0 aromatic heterocycles. The van der Waals surface area contributed by atoms with Gasteiger partial charge in [0.2, 0.25) is 10.0 Å². The van der Waals surface area contributed by atoms with Gasteiger partial charge >= 0.3 is 0 Å². The molecule has 0 saturated carbocycles. The molecule has 1 amide bonds. The van der Waals surface area contributed by atoms with E-state index in [1.54, 1.807) is 11.9 Å². The molecule has 0 aliphatic carbocycles. The Bertz CT molecular complexity index is 643. The van der Waals surface area contributed by atoms with E-state index < -0.39 is 10.0 Å². The molecular formula is C15H22N2O4S. The number of ether oxygens (including phenoxy) is 1. The normalized spacial score (nSPS) is 14.6. The molecule has 0 saturated heterocycles. The van der Waals surface area contributed by atoms with E-state index in [1.807, 2.05) is 25.1 Å². The molecule has 122 valence electrons. The van der Waals surface area contributed by atoms with Gasteiger partial charge in [-0.05, 0) is 30.5 Å². The lowest BCUT2D eigenvalue weighted by Crippen LogP contribution is -2.35. The molecule has 1 heterocycles. The van der Waals surface area contributed by atoms with E-state index in [1.165, 1.54) is 0 Å². The Balaban J connectivity index is 1.96. The van der Waals surface area contributed by atoms with Gasteiger partial charge in [-0.25, -0.2) is 13.1 Å². The van der Waals surface area contributed by atoms with Gasteiger partial charge in [0, 0.05) is 13.6 Å². The molecule has 1 aliphatic heterocycles. The standard InChI is InChI=1S/C15H22N2O4S/c1-3-4-9-22(19,20)16-8-7-12-5-6-14-13(10-12)17(2)15(18)11-21-14/h5-6,10,16H,3-4,7-9,11H2,1-2H3. The van der Waals surface area contributed by atoms with Crippen molar-refractivity contribution in [1.82, 2.24) is 4.72 Å². The van der Waals surface area contributed by atoms with Crippen molar-refractivity contribution in [3.63, 3.8) is 0 Å². The average Bonchev–Trinajstić information content (AvgIpc) is 2.49. The Morgan fingerprint density at radius 2 is 2.14 bits per heavy atom. The SMILES string of the molecule is CCCCS(=O)(=O)NCCc1ccc2c(c1)N(C)C(=O)CO2. The van der Waals surface area contributed by atoms with Crippen LogP contribution in [0.3, 0.4) is 0 Å². The molecule has 0 spiro atoms. The zero-order chi connectivity index (χ0) is 16.2. The summed E-state index contributed by atoms with van der Waals surface area (Å²) >= 11 is 0. The van der Waals surface area contributed by atoms with Crippen LogP contribution >= 0.6 is 0 Å². The Hall–Kier alpha value is -1.60. The molecule has 7 heteroatoms. The first-order valence-corrected chi connectivity index (χ1v) is 9.08. The van der Waals surface area contributed by atoms with Crippen LogP contribution in [-0.4, -0.2) is 40.3 Å². The summed E-state index contributed by atoms with van der Waals surface area (Å²) in [4.78, 5) is 13.2. The fourth-order valence-electron chi connectivity index (χ4n) is 2.23. The first kappa shape index (κ1) is 16.8. The number of carbonyl (C=O) groups excluding carboxylic acids is 1. The second kappa shape index (κ2) is 7.11. The predicted octanol–water partition coefficient (Wildman–Crippen LogP) is 1.30. The van der Waals surface area contributed by atoms with E-state index in [9.17, 15) is 13.2 Å². The molecule has 6 nitrogen and oxygen atoms in total. The topological polar surface area (TPSA) is 75.7 Å². The van der Waals surface area contributed by atoms with Gasteiger partial charge in [-0.2, -0.15) is 0 Å². The molecule has 1 aromatic carbocycles. The minimum absolute atomic E-state index is 0.0556. The van der Waals surface area contributed by atoms with E-state index in [0.29, 0.717) is 25.1 Å². The summed E-state index contributed by atoms with van der Waals surface area (Å²) in [6, 6.07) is 5.58. The molecule has 0 unspecified atom stereocenters. The lowest BCUT2D eigenvalue weighted by Gasteiger charge is -2.26. The van der Waals surface area contributed by atoms with Gasteiger partial charge in [-0.1, -0.05) is 19.4 Å². The van der Waals surface area contributed by atoms with Crippen molar-refractivity contribution in [2.24, 2.45) is 0 Å². The van der Waals surface area contributed by atoms with E-state index in [2.05, 4.69) is 4.72 Å². The fourth-order valence-corrected chi connectivity index (χ4v) is 3.46. The summed E-state index contributed by atoms with van der Waals surface area (Å²) in [6.45, 7) is 2.37. The third-order valence-electron chi connectivity index (χ3n) is 3.61. The zero-order valence-electron chi connectivity index (χ0n) is 13.0. The number of amides is 1. The van der Waals surface area contributed by atoms with Crippen LogP contribution in [0.1, 0.15) is 25.3 Å². The molecule has 1 N–H and O–H groups in total. The number of hydrogen-bond donors (Lipinski definition) is 1. The molecule has 0 bridgehead atoms. The third kappa shape index (κ3) is 4.20. The highest BCUT2D eigenvalue weighted by Gasteiger charge is 2.22. The molecular weight excluding hydrogens is 304 g/mol. The first-order chi connectivity index (χ1) is 10.4. The Kier molecular flexibility index (Phi) is 5.42. The molecule has 1 aliphatic rings. The first-order valence-electron chi connectivity index (χ1n) is 7.42. The maximum atomic E-state index is 11.7.